The molecule has 0 aromatic rings. The minimum absolute atomic E-state index is 0.534. The molecule has 4 aliphatic carbocycles. The van der Waals surface area contributed by atoms with E-state index in [0.29, 0.717) is 10.8 Å². The van der Waals surface area contributed by atoms with E-state index >= 15 is 0 Å². The summed E-state index contributed by atoms with van der Waals surface area (Å²) in [6.07, 6.45) is 18.2. The zero-order valence-corrected chi connectivity index (χ0v) is 12.7. The first-order valence-corrected chi connectivity index (χ1v) is 8.55. The zero-order valence-electron chi connectivity index (χ0n) is 12.7. The predicted octanol–water partition coefficient (Wildman–Crippen LogP) is 5.65. The van der Waals surface area contributed by atoms with E-state index in [-0.39, 0.29) is 0 Å². The molecule has 3 fully saturated rings. The SMILES string of the molecule is CC12CCCC1C1=CC=C3CCCCC3(C)C1CC2. The number of allylic oxidation sites excluding steroid dienone is 4. The molecule has 0 heteroatoms. The van der Waals surface area contributed by atoms with Crippen molar-refractivity contribution in [1.82, 2.24) is 0 Å². The molecule has 0 aromatic carbocycles. The maximum absolute atomic E-state index is 2.59. The van der Waals surface area contributed by atoms with E-state index in [4.69, 9.17) is 0 Å². The summed E-state index contributed by atoms with van der Waals surface area (Å²) < 4.78 is 0. The first kappa shape index (κ1) is 12.2. The number of hydrogen-bond donors (Lipinski definition) is 0. The normalized spacial score (nSPS) is 48.7. The van der Waals surface area contributed by atoms with Crippen LogP contribution in [0.1, 0.15) is 71.6 Å². The molecular weight excluding hydrogens is 228 g/mol. The molecule has 3 saturated carbocycles. The van der Waals surface area contributed by atoms with Gasteiger partial charge in [-0.15, -0.1) is 0 Å². The standard InChI is InChI=1S/C19H28/c1-18-11-5-7-16(18)15-9-8-14-6-3-4-12-19(14,2)17(15)10-13-18/h8-9,16-17H,3-7,10-13H2,1-2H3. The van der Waals surface area contributed by atoms with Crippen LogP contribution in [0.25, 0.3) is 0 Å². The Bertz CT molecular complexity index is 455. The van der Waals surface area contributed by atoms with Crippen LogP contribution in [0.3, 0.4) is 0 Å². The van der Waals surface area contributed by atoms with E-state index in [1.807, 2.05) is 5.57 Å². The molecule has 0 spiro atoms. The second kappa shape index (κ2) is 3.99. The highest BCUT2D eigenvalue weighted by molar-refractivity contribution is 5.38. The van der Waals surface area contributed by atoms with Crippen molar-refractivity contribution in [1.29, 1.82) is 0 Å². The van der Waals surface area contributed by atoms with E-state index in [1.54, 1.807) is 5.57 Å². The predicted molar refractivity (Wildman–Crippen MR) is 80.9 cm³/mol. The fourth-order valence-corrected chi connectivity index (χ4v) is 6.03. The summed E-state index contributed by atoms with van der Waals surface area (Å²) in [4.78, 5) is 0. The minimum Gasteiger partial charge on any atom is -0.0637 e. The first-order chi connectivity index (χ1) is 9.13. The molecule has 0 N–H and O–H groups in total. The van der Waals surface area contributed by atoms with Crippen LogP contribution in [0, 0.1) is 22.7 Å². The van der Waals surface area contributed by atoms with Gasteiger partial charge in [-0.3, -0.25) is 0 Å². The second-order valence-electron chi connectivity index (χ2n) is 8.17. The lowest BCUT2D eigenvalue weighted by Gasteiger charge is -2.53. The fourth-order valence-electron chi connectivity index (χ4n) is 6.03. The lowest BCUT2D eigenvalue weighted by molar-refractivity contribution is 0.0988. The number of rotatable bonds is 0. The Morgan fingerprint density at radius 3 is 2.68 bits per heavy atom. The van der Waals surface area contributed by atoms with E-state index in [2.05, 4.69) is 26.0 Å². The van der Waals surface area contributed by atoms with Gasteiger partial charge in [0.2, 0.25) is 0 Å². The van der Waals surface area contributed by atoms with Crippen molar-refractivity contribution in [3.63, 3.8) is 0 Å². The van der Waals surface area contributed by atoms with Crippen LogP contribution in [0.4, 0.5) is 0 Å². The van der Waals surface area contributed by atoms with Crippen molar-refractivity contribution in [3.05, 3.63) is 23.3 Å². The van der Waals surface area contributed by atoms with E-state index in [0.717, 1.165) is 11.8 Å². The smallest absolute Gasteiger partial charge is 0.00476 e. The maximum atomic E-state index is 2.59. The molecule has 104 valence electrons. The lowest BCUT2D eigenvalue weighted by atomic mass is 9.51. The van der Waals surface area contributed by atoms with Crippen LogP contribution < -0.4 is 0 Å². The molecule has 19 heavy (non-hydrogen) atoms. The Hall–Kier alpha value is -0.520. The van der Waals surface area contributed by atoms with E-state index in [9.17, 15) is 0 Å². The van der Waals surface area contributed by atoms with Crippen LogP contribution in [-0.2, 0) is 0 Å². The highest BCUT2D eigenvalue weighted by Gasteiger charge is 2.52. The highest BCUT2D eigenvalue weighted by atomic mass is 14.6. The monoisotopic (exact) mass is 256 g/mol. The zero-order chi connectivity index (χ0) is 13.1. The average Bonchev–Trinajstić information content (AvgIpc) is 2.79. The third-order valence-corrected chi connectivity index (χ3v) is 7.26. The summed E-state index contributed by atoms with van der Waals surface area (Å²) in [6.45, 7) is 5.16. The molecule has 0 radical (unpaired) electrons. The Labute approximate surface area is 118 Å². The van der Waals surface area contributed by atoms with Gasteiger partial charge < -0.3 is 0 Å². The van der Waals surface area contributed by atoms with Gasteiger partial charge in [-0.1, -0.05) is 50.0 Å². The van der Waals surface area contributed by atoms with Gasteiger partial charge in [-0.25, -0.2) is 0 Å². The fraction of sp³-hybridized carbons (Fsp3) is 0.789. The van der Waals surface area contributed by atoms with Crippen molar-refractivity contribution in [2.24, 2.45) is 22.7 Å². The Morgan fingerprint density at radius 2 is 1.79 bits per heavy atom. The summed E-state index contributed by atoms with van der Waals surface area (Å²) in [6, 6.07) is 0. The van der Waals surface area contributed by atoms with Gasteiger partial charge in [0.05, 0.1) is 0 Å². The van der Waals surface area contributed by atoms with Crippen molar-refractivity contribution >= 4 is 0 Å². The Kier molecular flexibility index (Phi) is 2.57. The molecular formula is C19H28. The van der Waals surface area contributed by atoms with Crippen LogP contribution in [0.5, 0.6) is 0 Å². The average molecular weight is 256 g/mol. The van der Waals surface area contributed by atoms with E-state index in [1.165, 1.54) is 57.8 Å². The topological polar surface area (TPSA) is 0 Å². The quantitative estimate of drug-likeness (QED) is 0.525. The van der Waals surface area contributed by atoms with Crippen LogP contribution in [-0.4, -0.2) is 0 Å². The van der Waals surface area contributed by atoms with Gasteiger partial charge >= 0.3 is 0 Å². The molecule has 0 heterocycles. The lowest BCUT2D eigenvalue weighted by Crippen LogP contribution is -2.43. The van der Waals surface area contributed by atoms with Crippen molar-refractivity contribution in [3.8, 4) is 0 Å². The third-order valence-electron chi connectivity index (χ3n) is 7.26. The molecule has 0 nitrogen and oxygen atoms in total. The second-order valence-corrected chi connectivity index (χ2v) is 8.17. The van der Waals surface area contributed by atoms with E-state index < -0.39 is 0 Å². The van der Waals surface area contributed by atoms with Crippen LogP contribution in [0.15, 0.2) is 23.3 Å². The largest absolute Gasteiger partial charge is 0.0637 e. The van der Waals surface area contributed by atoms with Gasteiger partial charge in [0.25, 0.3) is 0 Å². The summed E-state index contributed by atoms with van der Waals surface area (Å²) >= 11 is 0. The molecule has 0 saturated heterocycles. The van der Waals surface area contributed by atoms with Gasteiger partial charge in [0, 0.05) is 0 Å². The molecule has 4 atom stereocenters. The maximum Gasteiger partial charge on any atom is -0.00476 e. The molecule has 0 bridgehead atoms. The van der Waals surface area contributed by atoms with Crippen molar-refractivity contribution in [2.75, 3.05) is 0 Å². The van der Waals surface area contributed by atoms with Crippen LogP contribution >= 0.6 is 0 Å². The summed E-state index contributed by atoms with van der Waals surface area (Å²) in [5, 5.41) is 0. The van der Waals surface area contributed by atoms with Gasteiger partial charge in [-0.05, 0) is 67.6 Å². The summed E-state index contributed by atoms with van der Waals surface area (Å²) in [7, 11) is 0. The van der Waals surface area contributed by atoms with Gasteiger partial charge in [-0.2, -0.15) is 0 Å². The summed E-state index contributed by atoms with van der Waals surface area (Å²) in [5.41, 5.74) is 4.83. The third kappa shape index (κ3) is 1.58. The van der Waals surface area contributed by atoms with Gasteiger partial charge in [0.1, 0.15) is 0 Å². The number of fused-ring (bicyclic) bond motifs is 5. The summed E-state index contributed by atoms with van der Waals surface area (Å²) in [5.74, 6) is 1.81. The molecule has 0 aliphatic heterocycles. The van der Waals surface area contributed by atoms with Crippen LogP contribution in [0.2, 0.25) is 0 Å². The molecule has 4 rings (SSSR count). The van der Waals surface area contributed by atoms with Crippen molar-refractivity contribution in [2.45, 2.75) is 71.6 Å². The first-order valence-electron chi connectivity index (χ1n) is 8.55. The number of hydrogen-bond acceptors (Lipinski definition) is 0. The Balaban J connectivity index is 1.76. The highest BCUT2D eigenvalue weighted by Crippen LogP contribution is 2.63. The molecule has 4 unspecified atom stereocenters. The molecule has 4 aliphatic rings. The minimum atomic E-state index is 0.534. The Morgan fingerprint density at radius 1 is 0.895 bits per heavy atom. The molecule has 0 aromatic heterocycles. The molecule has 0 amide bonds. The van der Waals surface area contributed by atoms with Crippen molar-refractivity contribution < 1.29 is 0 Å². The van der Waals surface area contributed by atoms with Gasteiger partial charge in [0.15, 0.2) is 0 Å².